The Morgan fingerprint density at radius 1 is 1.22 bits per heavy atom. The van der Waals surface area contributed by atoms with Crippen LogP contribution >= 0.6 is 0 Å². The largest absolute Gasteiger partial charge is 0.496 e. The van der Waals surface area contributed by atoms with Gasteiger partial charge in [-0.25, -0.2) is 0 Å². The van der Waals surface area contributed by atoms with E-state index in [0.717, 1.165) is 18.1 Å². The molecular formula is C17H20O. The molecule has 1 nitrogen and oxygen atoms in total. The van der Waals surface area contributed by atoms with Crippen molar-refractivity contribution >= 4 is 5.57 Å². The zero-order valence-corrected chi connectivity index (χ0v) is 11.2. The monoisotopic (exact) mass is 240 g/mol. The lowest BCUT2D eigenvalue weighted by molar-refractivity contribution is 0.409. The summed E-state index contributed by atoms with van der Waals surface area (Å²) in [4.78, 5) is 0. The van der Waals surface area contributed by atoms with Gasteiger partial charge in [0.05, 0.1) is 7.11 Å². The molecule has 1 aromatic carbocycles. The van der Waals surface area contributed by atoms with Crippen LogP contribution in [0.15, 0.2) is 35.9 Å². The molecule has 2 aliphatic carbocycles. The van der Waals surface area contributed by atoms with Crippen LogP contribution in [0.2, 0.25) is 0 Å². The number of benzene rings is 1. The standard InChI is InChI=1S/C17H20O/c1-12-4-3-5-14(10-12)15-8-9-16(13-6-7-13)17(11-15)18-2/h5,8-11,13H,3-4,6-7H2,1-2H3. The van der Waals surface area contributed by atoms with Gasteiger partial charge in [-0.1, -0.05) is 29.9 Å². The maximum atomic E-state index is 5.56. The fourth-order valence-corrected chi connectivity index (χ4v) is 2.68. The lowest BCUT2D eigenvalue weighted by Crippen LogP contribution is -1.94. The maximum Gasteiger partial charge on any atom is 0.122 e. The predicted octanol–water partition coefficient (Wildman–Crippen LogP) is 4.70. The third-order valence-electron chi connectivity index (χ3n) is 3.89. The smallest absolute Gasteiger partial charge is 0.122 e. The van der Waals surface area contributed by atoms with E-state index in [4.69, 9.17) is 4.74 Å². The number of hydrogen-bond donors (Lipinski definition) is 0. The molecule has 1 heteroatoms. The molecule has 0 amide bonds. The SMILES string of the molecule is COc1cc(C2=CCCC(C)=C2)ccc1C1CC1. The van der Waals surface area contributed by atoms with Gasteiger partial charge in [-0.15, -0.1) is 0 Å². The van der Waals surface area contributed by atoms with E-state index in [0.29, 0.717) is 0 Å². The Balaban J connectivity index is 1.96. The van der Waals surface area contributed by atoms with Gasteiger partial charge in [-0.2, -0.15) is 0 Å². The van der Waals surface area contributed by atoms with Crippen molar-refractivity contribution in [3.05, 3.63) is 47.1 Å². The molecule has 0 unspecified atom stereocenters. The Hall–Kier alpha value is -1.50. The van der Waals surface area contributed by atoms with Gasteiger partial charge in [-0.05, 0) is 61.3 Å². The van der Waals surface area contributed by atoms with E-state index in [1.54, 1.807) is 7.11 Å². The molecule has 0 aromatic heterocycles. The van der Waals surface area contributed by atoms with Crippen LogP contribution in [0.3, 0.4) is 0 Å². The summed E-state index contributed by atoms with van der Waals surface area (Å²) in [5, 5.41) is 0. The van der Waals surface area contributed by atoms with E-state index in [9.17, 15) is 0 Å². The zero-order chi connectivity index (χ0) is 12.5. The summed E-state index contributed by atoms with van der Waals surface area (Å²) in [7, 11) is 1.78. The average molecular weight is 240 g/mol. The third-order valence-corrected chi connectivity index (χ3v) is 3.89. The molecule has 0 N–H and O–H groups in total. The molecule has 94 valence electrons. The van der Waals surface area contributed by atoms with Crippen molar-refractivity contribution in [2.75, 3.05) is 7.11 Å². The van der Waals surface area contributed by atoms with Crippen molar-refractivity contribution in [1.29, 1.82) is 0 Å². The Bertz CT molecular complexity index is 518. The van der Waals surface area contributed by atoms with E-state index < -0.39 is 0 Å². The summed E-state index contributed by atoms with van der Waals surface area (Å²) >= 11 is 0. The minimum Gasteiger partial charge on any atom is -0.496 e. The van der Waals surface area contributed by atoms with Crippen molar-refractivity contribution in [2.24, 2.45) is 0 Å². The lowest BCUT2D eigenvalue weighted by Gasteiger charge is -2.14. The van der Waals surface area contributed by atoms with Gasteiger partial charge in [0.2, 0.25) is 0 Å². The molecule has 1 saturated carbocycles. The molecule has 0 radical (unpaired) electrons. The van der Waals surface area contributed by atoms with Gasteiger partial charge >= 0.3 is 0 Å². The van der Waals surface area contributed by atoms with E-state index in [2.05, 4.69) is 37.3 Å². The van der Waals surface area contributed by atoms with Crippen LogP contribution in [0, 0.1) is 0 Å². The quantitative estimate of drug-likeness (QED) is 0.744. The highest BCUT2D eigenvalue weighted by molar-refractivity contribution is 5.76. The van der Waals surface area contributed by atoms with Gasteiger partial charge < -0.3 is 4.74 Å². The van der Waals surface area contributed by atoms with Crippen LogP contribution in [-0.4, -0.2) is 7.11 Å². The van der Waals surface area contributed by atoms with Crippen LogP contribution in [0.1, 0.15) is 49.7 Å². The second-order valence-corrected chi connectivity index (χ2v) is 5.42. The molecule has 1 fully saturated rings. The first-order valence-corrected chi connectivity index (χ1v) is 6.83. The normalized spacial score (nSPS) is 19.2. The van der Waals surface area contributed by atoms with E-state index in [1.807, 2.05) is 0 Å². The van der Waals surface area contributed by atoms with Crippen molar-refractivity contribution in [3.8, 4) is 5.75 Å². The predicted molar refractivity (Wildman–Crippen MR) is 75.9 cm³/mol. The van der Waals surface area contributed by atoms with Gasteiger partial charge in [-0.3, -0.25) is 0 Å². The number of methoxy groups -OCH3 is 1. The first-order valence-electron chi connectivity index (χ1n) is 6.83. The molecule has 0 spiro atoms. The van der Waals surface area contributed by atoms with Crippen LogP contribution in [0.25, 0.3) is 5.57 Å². The topological polar surface area (TPSA) is 9.23 Å². The zero-order valence-electron chi connectivity index (χ0n) is 11.2. The molecule has 0 heterocycles. The number of allylic oxidation sites excluding steroid dienone is 4. The summed E-state index contributed by atoms with van der Waals surface area (Å²) in [6.07, 6.45) is 9.62. The molecule has 2 aliphatic rings. The number of ether oxygens (including phenoxy) is 1. The lowest BCUT2D eigenvalue weighted by atomic mass is 9.94. The average Bonchev–Trinajstić information content (AvgIpc) is 3.22. The highest BCUT2D eigenvalue weighted by atomic mass is 16.5. The van der Waals surface area contributed by atoms with Crippen LogP contribution in [-0.2, 0) is 0 Å². The fraction of sp³-hybridized carbons (Fsp3) is 0.412. The second-order valence-electron chi connectivity index (χ2n) is 5.42. The Morgan fingerprint density at radius 2 is 2.06 bits per heavy atom. The van der Waals surface area contributed by atoms with E-state index in [-0.39, 0.29) is 0 Å². The van der Waals surface area contributed by atoms with Gasteiger partial charge in [0.1, 0.15) is 5.75 Å². The molecule has 0 atom stereocenters. The number of hydrogen-bond acceptors (Lipinski definition) is 1. The van der Waals surface area contributed by atoms with Crippen molar-refractivity contribution in [1.82, 2.24) is 0 Å². The molecule has 0 bridgehead atoms. The minimum absolute atomic E-state index is 0.742. The van der Waals surface area contributed by atoms with E-state index >= 15 is 0 Å². The van der Waals surface area contributed by atoms with Gasteiger partial charge in [0.25, 0.3) is 0 Å². The van der Waals surface area contributed by atoms with Gasteiger partial charge in [0.15, 0.2) is 0 Å². The van der Waals surface area contributed by atoms with Gasteiger partial charge in [0, 0.05) is 0 Å². The first kappa shape index (κ1) is 11.6. The summed E-state index contributed by atoms with van der Waals surface area (Å²) in [6, 6.07) is 6.70. The maximum absolute atomic E-state index is 5.56. The number of rotatable bonds is 3. The highest BCUT2D eigenvalue weighted by Gasteiger charge is 2.26. The van der Waals surface area contributed by atoms with Crippen molar-refractivity contribution in [3.63, 3.8) is 0 Å². The second kappa shape index (κ2) is 4.64. The molecule has 3 rings (SSSR count). The van der Waals surface area contributed by atoms with Crippen LogP contribution < -0.4 is 4.74 Å². The Labute approximate surface area is 109 Å². The summed E-state index contributed by atoms with van der Waals surface area (Å²) in [6.45, 7) is 2.21. The van der Waals surface area contributed by atoms with E-state index in [1.165, 1.54) is 41.5 Å². The molecule has 1 aromatic rings. The third kappa shape index (κ3) is 2.22. The fourth-order valence-electron chi connectivity index (χ4n) is 2.68. The first-order chi connectivity index (χ1) is 8.78. The Morgan fingerprint density at radius 3 is 2.72 bits per heavy atom. The molecule has 0 aliphatic heterocycles. The molecule has 18 heavy (non-hydrogen) atoms. The van der Waals surface area contributed by atoms with Crippen LogP contribution in [0.5, 0.6) is 5.75 Å². The minimum atomic E-state index is 0.742. The summed E-state index contributed by atoms with van der Waals surface area (Å²) < 4.78 is 5.56. The highest BCUT2D eigenvalue weighted by Crippen LogP contribution is 2.45. The Kier molecular flexibility index (Phi) is 2.99. The molecular weight excluding hydrogens is 220 g/mol. The summed E-state index contributed by atoms with van der Waals surface area (Å²) in [5.74, 6) is 1.80. The summed E-state index contributed by atoms with van der Waals surface area (Å²) in [5.41, 5.74) is 5.49. The molecule has 0 saturated heterocycles. The van der Waals surface area contributed by atoms with Crippen molar-refractivity contribution in [2.45, 2.75) is 38.5 Å². The van der Waals surface area contributed by atoms with Crippen molar-refractivity contribution < 1.29 is 4.74 Å². The van der Waals surface area contributed by atoms with Crippen LogP contribution in [0.4, 0.5) is 0 Å².